The molecule has 0 bridgehead atoms. The molecule has 104 valence electrons. The van der Waals surface area contributed by atoms with Crippen LogP contribution in [0.4, 0.5) is 0 Å². The number of pyridine rings is 1. The van der Waals surface area contributed by atoms with Gasteiger partial charge in [0.15, 0.2) is 0 Å². The van der Waals surface area contributed by atoms with E-state index in [1.807, 2.05) is 6.92 Å². The Morgan fingerprint density at radius 3 is 2.90 bits per heavy atom. The first-order valence-corrected chi connectivity index (χ1v) is 7.63. The van der Waals surface area contributed by atoms with Gasteiger partial charge < -0.3 is 10.6 Å². The van der Waals surface area contributed by atoms with E-state index in [2.05, 4.69) is 49.2 Å². The first-order valence-electron chi connectivity index (χ1n) is 6.81. The maximum absolute atomic E-state index is 6.16. The van der Waals surface area contributed by atoms with Crippen LogP contribution in [0.25, 0.3) is 15.9 Å². The van der Waals surface area contributed by atoms with Crippen molar-refractivity contribution in [3.63, 3.8) is 0 Å². The molecule has 0 amide bonds. The molecule has 0 spiro atoms. The minimum Gasteiger partial charge on any atom is -0.369 e. The second-order valence-corrected chi connectivity index (χ2v) is 6.56. The molecule has 3 nitrogen and oxygen atoms in total. The van der Waals surface area contributed by atoms with Gasteiger partial charge in [-0.15, -0.1) is 11.3 Å². The van der Waals surface area contributed by atoms with Gasteiger partial charge in [0, 0.05) is 29.9 Å². The third kappa shape index (κ3) is 2.25. The summed E-state index contributed by atoms with van der Waals surface area (Å²) in [7, 11) is 2.09. The Hall–Kier alpha value is -1.65. The smallest absolute Gasteiger partial charge is 0.124 e. The van der Waals surface area contributed by atoms with Gasteiger partial charge in [-0.2, -0.15) is 0 Å². The van der Waals surface area contributed by atoms with Crippen molar-refractivity contribution in [3.05, 3.63) is 46.5 Å². The van der Waals surface area contributed by atoms with Crippen molar-refractivity contribution in [1.29, 1.82) is 0 Å². The van der Waals surface area contributed by atoms with E-state index in [0.717, 1.165) is 28.3 Å². The van der Waals surface area contributed by atoms with Crippen molar-refractivity contribution in [2.24, 2.45) is 5.73 Å². The van der Waals surface area contributed by atoms with E-state index in [-0.39, 0.29) is 6.04 Å². The van der Waals surface area contributed by atoms with E-state index in [0.29, 0.717) is 0 Å². The van der Waals surface area contributed by atoms with Gasteiger partial charge in [0.05, 0.1) is 11.4 Å². The molecular formula is C16H19N3S. The summed E-state index contributed by atoms with van der Waals surface area (Å²) in [5.74, 6) is 0. The number of nitrogens with two attached hydrogens (primary N) is 1. The SMILES string of the molecule is Cc1cc2cc([C@H](C)N)c(C3=CC=CCN3C)nc2s1. The predicted molar refractivity (Wildman–Crippen MR) is 86.7 cm³/mol. The average molecular weight is 285 g/mol. The molecule has 4 heteroatoms. The number of thiophene rings is 1. The number of nitrogens with zero attached hydrogens (tertiary/aromatic N) is 2. The lowest BCUT2D eigenvalue weighted by molar-refractivity contribution is 0.527. The predicted octanol–water partition coefficient (Wildman–Crippen LogP) is 3.47. The standard InChI is InChI=1S/C16H19N3S/c1-10-8-12-9-13(11(2)17)15(18-16(12)20-10)14-6-4-5-7-19(14)3/h4-6,8-9,11H,7,17H2,1-3H3/t11-/m0/s1. The van der Waals surface area contributed by atoms with Crippen molar-refractivity contribution in [2.45, 2.75) is 19.9 Å². The third-order valence-electron chi connectivity index (χ3n) is 3.58. The molecule has 0 radical (unpaired) electrons. The minimum atomic E-state index is -0.0256. The van der Waals surface area contributed by atoms with E-state index in [1.54, 1.807) is 11.3 Å². The third-order valence-corrected chi connectivity index (χ3v) is 4.54. The number of likely N-dealkylation sites (N-methyl/N-ethyl adjacent to an activating group) is 1. The molecule has 20 heavy (non-hydrogen) atoms. The van der Waals surface area contributed by atoms with Gasteiger partial charge in [-0.25, -0.2) is 4.98 Å². The molecule has 0 saturated carbocycles. The Labute approximate surface area is 123 Å². The van der Waals surface area contributed by atoms with Crippen LogP contribution in [-0.2, 0) is 0 Å². The van der Waals surface area contributed by atoms with E-state index >= 15 is 0 Å². The molecule has 0 aliphatic carbocycles. The molecule has 0 fully saturated rings. The summed E-state index contributed by atoms with van der Waals surface area (Å²) in [6.45, 7) is 5.05. The van der Waals surface area contributed by atoms with E-state index in [1.165, 1.54) is 10.3 Å². The van der Waals surface area contributed by atoms with E-state index in [4.69, 9.17) is 10.7 Å². The van der Waals surface area contributed by atoms with Crippen LogP contribution in [0.3, 0.4) is 0 Å². The lowest BCUT2D eigenvalue weighted by Gasteiger charge is -2.25. The van der Waals surface area contributed by atoms with Gasteiger partial charge in [0.1, 0.15) is 4.83 Å². The Morgan fingerprint density at radius 1 is 1.40 bits per heavy atom. The number of allylic oxidation sites excluding steroid dienone is 2. The van der Waals surface area contributed by atoms with Gasteiger partial charge >= 0.3 is 0 Å². The highest BCUT2D eigenvalue weighted by Crippen LogP contribution is 2.32. The molecule has 1 aliphatic heterocycles. The van der Waals surface area contributed by atoms with Crippen molar-refractivity contribution in [2.75, 3.05) is 13.6 Å². The quantitative estimate of drug-likeness (QED) is 0.918. The Bertz CT molecular complexity index is 710. The topological polar surface area (TPSA) is 42.1 Å². The maximum atomic E-state index is 6.16. The maximum Gasteiger partial charge on any atom is 0.124 e. The average Bonchev–Trinajstić information content (AvgIpc) is 2.77. The molecule has 0 aromatic carbocycles. The molecule has 1 aliphatic rings. The summed E-state index contributed by atoms with van der Waals surface area (Å²) in [5, 5.41) is 1.19. The number of hydrogen-bond acceptors (Lipinski definition) is 4. The highest BCUT2D eigenvalue weighted by molar-refractivity contribution is 7.18. The monoisotopic (exact) mass is 285 g/mol. The second-order valence-electron chi connectivity index (χ2n) is 5.33. The van der Waals surface area contributed by atoms with Crippen molar-refractivity contribution >= 4 is 27.3 Å². The summed E-state index contributed by atoms with van der Waals surface area (Å²) < 4.78 is 0. The fourth-order valence-electron chi connectivity index (χ4n) is 2.53. The van der Waals surface area contributed by atoms with Gasteiger partial charge in [0.25, 0.3) is 0 Å². The molecule has 0 saturated heterocycles. The minimum absolute atomic E-state index is 0.0256. The Balaban J connectivity index is 2.24. The van der Waals surface area contributed by atoms with Crippen molar-refractivity contribution in [3.8, 4) is 0 Å². The molecule has 2 aromatic rings. The van der Waals surface area contributed by atoms with Crippen LogP contribution in [0.5, 0.6) is 0 Å². The highest BCUT2D eigenvalue weighted by Gasteiger charge is 2.18. The van der Waals surface area contributed by atoms with Gasteiger partial charge in [0.2, 0.25) is 0 Å². The van der Waals surface area contributed by atoms with Crippen LogP contribution in [0.2, 0.25) is 0 Å². The Morgan fingerprint density at radius 2 is 2.20 bits per heavy atom. The molecule has 2 aromatic heterocycles. The highest BCUT2D eigenvalue weighted by atomic mass is 32.1. The second kappa shape index (κ2) is 5.04. The van der Waals surface area contributed by atoms with Crippen LogP contribution in [0, 0.1) is 6.92 Å². The zero-order valence-corrected chi connectivity index (χ0v) is 12.9. The fourth-order valence-corrected chi connectivity index (χ4v) is 3.39. The summed E-state index contributed by atoms with van der Waals surface area (Å²) in [4.78, 5) is 9.47. The number of fused-ring (bicyclic) bond motifs is 1. The summed E-state index contributed by atoms with van der Waals surface area (Å²) in [5.41, 5.74) is 9.44. The van der Waals surface area contributed by atoms with Crippen LogP contribution in [-0.4, -0.2) is 23.5 Å². The van der Waals surface area contributed by atoms with Crippen LogP contribution in [0.15, 0.2) is 30.4 Å². The zero-order chi connectivity index (χ0) is 14.3. The Kier molecular flexibility index (Phi) is 3.36. The summed E-state index contributed by atoms with van der Waals surface area (Å²) in [6, 6.07) is 4.35. The van der Waals surface area contributed by atoms with Crippen LogP contribution in [0.1, 0.15) is 29.1 Å². The normalized spacial score (nSPS) is 16.6. The fraction of sp³-hybridized carbons (Fsp3) is 0.312. The first-order chi connectivity index (χ1) is 9.56. The van der Waals surface area contributed by atoms with Gasteiger partial charge in [-0.3, -0.25) is 0 Å². The lowest BCUT2D eigenvalue weighted by atomic mass is 10.0. The number of rotatable bonds is 2. The number of aryl methyl sites for hydroxylation is 1. The van der Waals surface area contributed by atoms with E-state index < -0.39 is 0 Å². The summed E-state index contributed by atoms with van der Waals surface area (Å²) >= 11 is 1.74. The van der Waals surface area contributed by atoms with Crippen LogP contribution < -0.4 is 5.73 Å². The lowest BCUT2D eigenvalue weighted by Crippen LogP contribution is -2.21. The molecule has 1 atom stereocenters. The van der Waals surface area contributed by atoms with Crippen LogP contribution >= 0.6 is 11.3 Å². The molecular weight excluding hydrogens is 266 g/mol. The zero-order valence-electron chi connectivity index (χ0n) is 12.1. The first kappa shape index (κ1) is 13.3. The van der Waals surface area contributed by atoms with Gasteiger partial charge in [-0.05, 0) is 37.6 Å². The van der Waals surface area contributed by atoms with Crippen molar-refractivity contribution < 1.29 is 0 Å². The van der Waals surface area contributed by atoms with Gasteiger partial charge in [-0.1, -0.05) is 12.2 Å². The summed E-state index contributed by atoms with van der Waals surface area (Å²) in [6.07, 6.45) is 6.35. The van der Waals surface area contributed by atoms with E-state index in [9.17, 15) is 0 Å². The number of aromatic nitrogens is 1. The molecule has 3 rings (SSSR count). The molecule has 3 heterocycles. The van der Waals surface area contributed by atoms with Crippen molar-refractivity contribution in [1.82, 2.24) is 9.88 Å². The molecule has 0 unspecified atom stereocenters. The largest absolute Gasteiger partial charge is 0.369 e. The number of hydrogen-bond donors (Lipinski definition) is 1. The molecule has 2 N–H and O–H groups in total.